The summed E-state index contributed by atoms with van der Waals surface area (Å²) in [6, 6.07) is 30.3. The van der Waals surface area contributed by atoms with Gasteiger partial charge >= 0.3 is 0 Å². The minimum atomic E-state index is -3.93. The number of amides is 1. The van der Waals surface area contributed by atoms with Crippen molar-refractivity contribution in [2.75, 3.05) is 10.0 Å². The number of rotatable bonds is 7. The molecular formula is C29H20Cl2N2O4S. The number of hydrogen-bond donors (Lipinski definition) is 2. The quantitative estimate of drug-likeness (QED) is 0.210. The van der Waals surface area contributed by atoms with Gasteiger partial charge in [0, 0.05) is 26.5 Å². The van der Waals surface area contributed by atoms with E-state index in [1.165, 1.54) is 36.4 Å². The lowest BCUT2D eigenvalue weighted by Gasteiger charge is -2.13. The van der Waals surface area contributed by atoms with Crippen LogP contribution in [0, 0.1) is 0 Å². The third kappa shape index (κ3) is 5.60. The van der Waals surface area contributed by atoms with Crippen molar-refractivity contribution in [3.63, 3.8) is 0 Å². The van der Waals surface area contributed by atoms with Crippen molar-refractivity contribution in [1.82, 2.24) is 0 Å². The summed E-state index contributed by atoms with van der Waals surface area (Å²) in [5.74, 6) is 0.757. The lowest BCUT2D eigenvalue weighted by molar-refractivity contribution is 0.102. The molecule has 0 saturated carbocycles. The number of halogens is 2. The maximum Gasteiger partial charge on any atom is 0.261 e. The summed E-state index contributed by atoms with van der Waals surface area (Å²) in [5, 5.41) is 5.63. The molecule has 0 aromatic heterocycles. The van der Waals surface area contributed by atoms with E-state index in [-0.39, 0.29) is 16.1 Å². The predicted molar refractivity (Wildman–Crippen MR) is 152 cm³/mol. The molecular weight excluding hydrogens is 543 g/mol. The van der Waals surface area contributed by atoms with Gasteiger partial charge in [-0.1, -0.05) is 59.6 Å². The van der Waals surface area contributed by atoms with Crippen LogP contribution in [0.5, 0.6) is 11.5 Å². The summed E-state index contributed by atoms with van der Waals surface area (Å²) in [6.07, 6.45) is 0. The number of anilines is 2. The highest BCUT2D eigenvalue weighted by molar-refractivity contribution is 7.92. The Bertz CT molecular complexity index is 1740. The van der Waals surface area contributed by atoms with Crippen LogP contribution >= 0.6 is 23.2 Å². The van der Waals surface area contributed by atoms with Gasteiger partial charge in [-0.25, -0.2) is 8.42 Å². The highest BCUT2D eigenvalue weighted by Gasteiger charge is 2.19. The summed E-state index contributed by atoms with van der Waals surface area (Å²) in [7, 11) is -3.93. The maximum atomic E-state index is 13.0. The first-order valence-electron chi connectivity index (χ1n) is 11.4. The van der Waals surface area contributed by atoms with Crippen LogP contribution in [0.1, 0.15) is 10.4 Å². The monoisotopic (exact) mass is 562 g/mol. The second kappa shape index (κ2) is 10.8. The number of benzene rings is 5. The minimum Gasteiger partial charge on any atom is -0.457 e. The molecule has 0 aliphatic rings. The molecule has 0 bridgehead atoms. The van der Waals surface area contributed by atoms with Gasteiger partial charge in [0.2, 0.25) is 0 Å². The van der Waals surface area contributed by atoms with Gasteiger partial charge in [0.15, 0.2) is 0 Å². The molecule has 0 spiro atoms. The van der Waals surface area contributed by atoms with Crippen LogP contribution in [-0.4, -0.2) is 14.3 Å². The molecule has 0 saturated heterocycles. The second-order valence-corrected chi connectivity index (χ2v) is 10.8. The fourth-order valence-electron chi connectivity index (χ4n) is 3.84. The Balaban J connectivity index is 1.31. The van der Waals surface area contributed by atoms with Crippen molar-refractivity contribution in [3.8, 4) is 11.5 Å². The molecule has 1 amide bonds. The summed E-state index contributed by atoms with van der Waals surface area (Å²) in [6.45, 7) is 0. The third-order valence-electron chi connectivity index (χ3n) is 5.71. The van der Waals surface area contributed by atoms with E-state index in [2.05, 4.69) is 10.0 Å². The average molecular weight is 563 g/mol. The molecule has 190 valence electrons. The van der Waals surface area contributed by atoms with Crippen LogP contribution in [0.15, 0.2) is 114 Å². The highest BCUT2D eigenvalue weighted by atomic mass is 35.5. The maximum absolute atomic E-state index is 13.0. The molecule has 9 heteroatoms. The van der Waals surface area contributed by atoms with E-state index < -0.39 is 15.9 Å². The van der Waals surface area contributed by atoms with Gasteiger partial charge in [0.05, 0.1) is 16.1 Å². The Morgan fingerprint density at radius 1 is 0.711 bits per heavy atom. The molecule has 5 aromatic rings. The molecule has 38 heavy (non-hydrogen) atoms. The average Bonchev–Trinajstić information content (AvgIpc) is 2.92. The van der Waals surface area contributed by atoms with Gasteiger partial charge in [-0.3, -0.25) is 9.52 Å². The van der Waals surface area contributed by atoms with E-state index in [1.54, 1.807) is 42.5 Å². The van der Waals surface area contributed by atoms with Crippen molar-refractivity contribution in [3.05, 3.63) is 125 Å². The summed E-state index contributed by atoms with van der Waals surface area (Å²) in [4.78, 5) is 13.1. The van der Waals surface area contributed by atoms with Gasteiger partial charge in [0.25, 0.3) is 15.9 Å². The molecule has 5 aromatic carbocycles. The van der Waals surface area contributed by atoms with Gasteiger partial charge in [-0.15, -0.1) is 0 Å². The lowest BCUT2D eigenvalue weighted by Crippen LogP contribution is -2.18. The zero-order valence-corrected chi connectivity index (χ0v) is 22.0. The van der Waals surface area contributed by atoms with E-state index in [0.29, 0.717) is 27.2 Å². The number of sulfonamides is 1. The van der Waals surface area contributed by atoms with Crippen LogP contribution in [0.2, 0.25) is 10.0 Å². The molecule has 0 aliphatic heterocycles. The van der Waals surface area contributed by atoms with E-state index in [4.69, 9.17) is 27.9 Å². The Hall–Kier alpha value is -4.04. The van der Waals surface area contributed by atoms with Crippen molar-refractivity contribution in [1.29, 1.82) is 0 Å². The molecule has 6 nitrogen and oxygen atoms in total. The number of ether oxygens (including phenoxy) is 1. The van der Waals surface area contributed by atoms with Crippen LogP contribution in [0.3, 0.4) is 0 Å². The van der Waals surface area contributed by atoms with Gasteiger partial charge in [-0.05, 0) is 72.8 Å². The lowest BCUT2D eigenvalue weighted by atomic mass is 10.1. The molecule has 0 atom stereocenters. The summed E-state index contributed by atoms with van der Waals surface area (Å²) in [5.41, 5.74) is 0.825. The largest absolute Gasteiger partial charge is 0.457 e. The first-order chi connectivity index (χ1) is 18.3. The summed E-state index contributed by atoms with van der Waals surface area (Å²) < 4.78 is 34.2. The van der Waals surface area contributed by atoms with Crippen LogP contribution in [-0.2, 0) is 10.0 Å². The van der Waals surface area contributed by atoms with Gasteiger partial charge in [-0.2, -0.15) is 0 Å². The zero-order chi connectivity index (χ0) is 26.7. The fraction of sp³-hybridized carbons (Fsp3) is 0. The number of carbonyl (C=O) groups is 1. The smallest absolute Gasteiger partial charge is 0.261 e. The first kappa shape index (κ1) is 25.6. The first-order valence-corrected chi connectivity index (χ1v) is 13.7. The minimum absolute atomic E-state index is 0.0289. The standard InChI is InChI=1S/C29H20Cl2N2O4S/c30-19-9-15-22(16-10-19)38(35,36)33-27-8-4-3-7-25(27)29(34)32-20-11-13-21(14-12-20)37-28-18-17-26(31)23-5-1-2-6-24(23)28/h1-18,33H,(H,32,34). The van der Waals surface area contributed by atoms with Gasteiger partial charge in [0.1, 0.15) is 11.5 Å². The second-order valence-electron chi connectivity index (χ2n) is 8.28. The molecule has 0 radical (unpaired) electrons. The fourth-order valence-corrected chi connectivity index (χ4v) is 5.28. The van der Waals surface area contributed by atoms with Gasteiger partial charge < -0.3 is 10.1 Å². The number of para-hydroxylation sites is 1. The van der Waals surface area contributed by atoms with E-state index in [9.17, 15) is 13.2 Å². The molecule has 0 heterocycles. The molecule has 0 aliphatic carbocycles. The highest BCUT2D eigenvalue weighted by Crippen LogP contribution is 2.34. The van der Waals surface area contributed by atoms with Crippen LogP contribution < -0.4 is 14.8 Å². The molecule has 0 unspecified atom stereocenters. The number of hydrogen-bond acceptors (Lipinski definition) is 4. The molecule has 2 N–H and O–H groups in total. The zero-order valence-electron chi connectivity index (χ0n) is 19.7. The number of carbonyl (C=O) groups excluding carboxylic acids is 1. The van der Waals surface area contributed by atoms with E-state index in [1.807, 2.05) is 30.3 Å². The normalized spacial score (nSPS) is 11.2. The topological polar surface area (TPSA) is 84.5 Å². The van der Waals surface area contributed by atoms with Crippen LogP contribution in [0.25, 0.3) is 10.8 Å². The number of fused-ring (bicyclic) bond motifs is 1. The Kier molecular flexibility index (Phi) is 7.24. The van der Waals surface area contributed by atoms with Crippen molar-refractivity contribution >= 4 is 61.3 Å². The molecule has 0 fully saturated rings. The Labute approximate surface area is 229 Å². The SMILES string of the molecule is O=C(Nc1ccc(Oc2ccc(Cl)c3ccccc23)cc1)c1ccccc1NS(=O)(=O)c1ccc(Cl)cc1. The summed E-state index contributed by atoms with van der Waals surface area (Å²) >= 11 is 12.2. The van der Waals surface area contributed by atoms with E-state index in [0.717, 1.165) is 10.8 Å². The Morgan fingerprint density at radius 2 is 1.37 bits per heavy atom. The Morgan fingerprint density at radius 3 is 2.11 bits per heavy atom. The number of nitrogens with one attached hydrogen (secondary N) is 2. The van der Waals surface area contributed by atoms with Crippen LogP contribution in [0.4, 0.5) is 11.4 Å². The molecule has 5 rings (SSSR count). The van der Waals surface area contributed by atoms with E-state index >= 15 is 0 Å². The van der Waals surface area contributed by atoms with Crippen molar-refractivity contribution in [2.24, 2.45) is 0 Å². The predicted octanol–water partition coefficient (Wildman–Crippen LogP) is 7.99. The third-order valence-corrected chi connectivity index (χ3v) is 7.67. The van der Waals surface area contributed by atoms with Crippen molar-refractivity contribution in [2.45, 2.75) is 4.90 Å². The van der Waals surface area contributed by atoms with Crippen molar-refractivity contribution < 1.29 is 17.9 Å².